The highest BCUT2D eigenvalue weighted by Gasteiger charge is 2.24. The number of benzene rings is 2. The van der Waals surface area contributed by atoms with Crippen molar-refractivity contribution in [2.24, 2.45) is 0 Å². The molecule has 1 amide bonds. The first-order valence-electron chi connectivity index (χ1n) is 9.26. The molecule has 0 bridgehead atoms. The molecule has 150 valence electrons. The number of carbonyl (C=O) groups excluding carboxylic acids is 1. The molecular weight excluding hydrogens is 402 g/mol. The van der Waals surface area contributed by atoms with Gasteiger partial charge in [-0.3, -0.25) is 14.7 Å². The van der Waals surface area contributed by atoms with Crippen LogP contribution in [0.1, 0.15) is 15.9 Å². The van der Waals surface area contributed by atoms with E-state index in [1.807, 2.05) is 30.3 Å². The van der Waals surface area contributed by atoms with Gasteiger partial charge in [0.2, 0.25) is 6.79 Å². The Morgan fingerprint density at radius 1 is 1.17 bits per heavy atom. The minimum absolute atomic E-state index is 0.159. The first-order valence-corrected chi connectivity index (χ1v) is 10.1. The van der Waals surface area contributed by atoms with E-state index >= 15 is 0 Å². The van der Waals surface area contributed by atoms with Gasteiger partial charge in [0.25, 0.3) is 5.91 Å². The largest absolute Gasteiger partial charge is 0.497 e. The number of aromatic nitrogens is 2. The molecule has 5 rings (SSSR count). The standard InChI is InChI=1S/C22H17N3O4S/c1-27-16-5-7-20-17(10-16)24-22(30-20)25(12-14-3-2-8-23-11-14)21(26)15-4-6-18-19(9-15)29-13-28-18/h2-11H,12-13H2,1H3. The molecule has 0 aliphatic carbocycles. The molecule has 0 N–H and O–H groups in total. The second-order valence-electron chi connectivity index (χ2n) is 6.65. The second-order valence-corrected chi connectivity index (χ2v) is 7.66. The average molecular weight is 419 g/mol. The molecule has 3 heterocycles. The van der Waals surface area contributed by atoms with E-state index in [2.05, 4.69) is 4.98 Å². The summed E-state index contributed by atoms with van der Waals surface area (Å²) in [5.74, 6) is 1.75. The second kappa shape index (κ2) is 7.64. The molecule has 0 fully saturated rings. The molecule has 4 aromatic rings. The number of pyridine rings is 1. The van der Waals surface area contributed by atoms with Crippen molar-refractivity contribution in [1.82, 2.24) is 9.97 Å². The van der Waals surface area contributed by atoms with Crippen LogP contribution in [0.5, 0.6) is 17.2 Å². The number of amides is 1. The van der Waals surface area contributed by atoms with Gasteiger partial charge in [-0.2, -0.15) is 0 Å². The highest BCUT2D eigenvalue weighted by atomic mass is 32.1. The van der Waals surface area contributed by atoms with Crippen molar-refractivity contribution >= 4 is 32.6 Å². The van der Waals surface area contributed by atoms with Crippen LogP contribution in [0, 0.1) is 0 Å². The Bertz CT molecular complexity index is 1230. The normalized spacial score (nSPS) is 12.2. The number of rotatable bonds is 5. The van der Waals surface area contributed by atoms with Gasteiger partial charge >= 0.3 is 0 Å². The Morgan fingerprint density at radius 2 is 2.07 bits per heavy atom. The summed E-state index contributed by atoms with van der Waals surface area (Å²) in [6, 6.07) is 14.7. The third-order valence-corrected chi connectivity index (χ3v) is 5.80. The number of hydrogen-bond acceptors (Lipinski definition) is 7. The van der Waals surface area contributed by atoms with Gasteiger partial charge in [0.1, 0.15) is 5.75 Å². The number of hydrogen-bond donors (Lipinski definition) is 0. The zero-order valence-corrected chi connectivity index (χ0v) is 16.9. The van der Waals surface area contributed by atoms with Gasteiger partial charge in [-0.05, 0) is 42.0 Å². The van der Waals surface area contributed by atoms with Gasteiger partial charge in [-0.15, -0.1) is 0 Å². The Hall–Kier alpha value is -3.65. The summed E-state index contributed by atoms with van der Waals surface area (Å²) in [4.78, 5) is 24.0. The third-order valence-electron chi connectivity index (χ3n) is 4.74. The summed E-state index contributed by atoms with van der Waals surface area (Å²) in [7, 11) is 1.62. The lowest BCUT2D eigenvalue weighted by Gasteiger charge is -2.20. The molecule has 0 saturated heterocycles. The molecule has 0 unspecified atom stereocenters. The summed E-state index contributed by atoms with van der Waals surface area (Å²) >= 11 is 1.45. The van der Waals surface area contributed by atoms with E-state index in [4.69, 9.17) is 19.2 Å². The average Bonchev–Trinajstić information content (AvgIpc) is 3.43. The molecule has 8 heteroatoms. The predicted octanol–water partition coefficient (Wildman–Crippen LogP) is 4.28. The van der Waals surface area contributed by atoms with Crippen molar-refractivity contribution in [1.29, 1.82) is 0 Å². The first kappa shape index (κ1) is 18.4. The molecule has 30 heavy (non-hydrogen) atoms. The summed E-state index contributed by atoms with van der Waals surface area (Å²) in [6.45, 7) is 0.504. The van der Waals surface area contributed by atoms with Gasteiger partial charge in [0, 0.05) is 24.0 Å². The lowest BCUT2D eigenvalue weighted by Crippen LogP contribution is -2.30. The van der Waals surface area contributed by atoms with Crippen molar-refractivity contribution in [3.63, 3.8) is 0 Å². The number of nitrogens with zero attached hydrogens (tertiary/aromatic N) is 3. The van der Waals surface area contributed by atoms with Crippen LogP contribution in [0.4, 0.5) is 5.13 Å². The zero-order chi connectivity index (χ0) is 20.5. The Morgan fingerprint density at radius 3 is 2.90 bits per heavy atom. The summed E-state index contributed by atoms with van der Waals surface area (Å²) in [5, 5.41) is 0.602. The lowest BCUT2D eigenvalue weighted by atomic mass is 10.1. The van der Waals surface area contributed by atoms with Crippen LogP contribution in [0.25, 0.3) is 10.2 Å². The number of ether oxygens (including phenoxy) is 3. The van der Waals surface area contributed by atoms with Crippen LogP contribution >= 0.6 is 11.3 Å². The smallest absolute Gasteiger partial charge is 0.260 e. The first-order chi connectivity index (χ1) is 14.7. The van der Waals surface area contributed by atoms with Gasteiger partial charge < -0.3 is 14.2 Å². The van der Waals surface area contributed by atoms with Crippen LogP contribution in [0.2, 0.25) is 0 Å². The Labute approximate surface area is 176 Å². The highest BCUT2D eigenvalue weighted by Crippen LogP contribution is 2.35. The van der Waals surface area contributed by atoms with E-state index < -0.39 is 0 Å². The lowest BCUT2D eigenvalue weighted by molar-refractivity contribution is 0.0984. The summed E-state index contributed by atoms with van der Waals surface area (Å²) < 4.78 is 17.1. The van der Waals surface area contributed by atoms with E-state index in [1.165, 1.54) is 11.3 Å². The summed E-state index contributed by atoms with van der Waals surface area (Å²) in [5.41, 5.74) is 2.19. The maximum absolute atomic E-state index is 13.5. The maximum atomic E-state index is 13.5. The fourth-order valence-electron chi connectivity index (χ4n) is 3.22. The fraction of sp³-hybridized carbons (Fsp3) is 0.136. The zero-order valence-electron chi connectivity index (χ0n) is 16.1. The predicted molar refractivity (Wildman–Crippen MR) is 113 cm³/mol. The highest BCUT2D eigenvalue weighted by molar-refractivity contribution is 7.22. The van der Waals surface area contributed by atoms with Crippen LogP contribution in [-0.4, -0.2) is 29.8 Å². The summed E-state index contributed by atoms with van der Waals surface area (Å²) in [6.07, 6.45) is 3.45. The van der Waals surface area contributed by atoms with Crippen molar-refractivity contribution in [2.75, 3.05) is 18.8 Å². The van der Waals surface area contributed by atoms with E-state index in [1.54, 1.807) is 42.6 Å². The molecular formula is C22H17N3O4S. The van der Waals surface area contributed by atoms with Gasteiger partial charge in [0.05, 0.1) is 23.9 Å². The molecule has 2 aromatic heterocycles. The number of carbonyl (C=O) groups is 1. The van der Waals surface area contributed by atoms with Crippen molar-refractivity contribution in [3.8, 4) is 17.2 Å². The van der Waals surface area contributed by atoms with E-state index in [0.717, 1.165) is 21.5 Å². The van der Waals surface area contributed by atoms with Crippen molar-refractivity contribution < 1.29 is 19.0 Å². The topological polar surface area (TPSA) is 73.8 Å². The van der Waals surface area contributed by atoms with Crippen LogP contribution < -0.4 is 19.1 Å². The fourth-order valence-corrected chi connectivity index (χ4v) is 4.17. The molecule has 7 nitrogen and oxygen atoms in total. The number of anilines is 1. The SMILES string of the molecule is COc1ccc2sc(N(Cc3cccnc3)C(=O)c3ccc4c(c3)OCO4)nc2c1. The maximum Gasteiger partial charge on any atom is 0.260 e. The van der Waals surface area contributed by atoms with E-state index in [0.29, 0.717) is 28.7 Å². The minimum atomic E-state index is -0.178. The third kappa shape index (κ3) is 3.42. The van der Waals surface area contributed by atoms with Crippen LogP contribution in [-0.2, 0) is 6.54 Å². The molecule has 0 atom stereocenters. The number of fused-ring (bicyclic) bond motifs is 2. The quantitative estimate of drug-likeness (QED) is 0.481. The van der Waals surface area contributed by atoms with Crippen molar-refractivity contribution in [2.45, 2.75) is 6.54 Å². The van der Waals surface area contributed by atoms with Gasteiger partial charge in [-0.1, -0.05) is 17.4 Å². The van der Waals surface area contributed by atoms with Gasteiger partial charge in [0.15, 0.2) is 16.6 Å². The molecule has 1 aliphatic heterocycles. The van der Waals surface area contributed by atoms with E-state index in [-0.39, 0.29) is 12.7 Å². The Balaban J connectivity index is 1.55. The molecule has 0 saturated carbocycles. The molecule has 1 aliphatic rings. The minimum Gasteiger partial charge on any atom is -0.497 e. The number of thiazole rings is 1. The molecule has 0 spiro atoms. The van der Waals surface area contributed by atoms with Crippen LogP contribution in [0.15, 0.2) is 60.9 Å². The molecule has 2 aromatic carbocycles. The number of methoxy groups -OCH3 is 1. The van der Waals surface area contributed by atoms with Crippen molar-refractivity contribution in [3.05, 3.63) is 72.1 Å². The van der Waals surface area contributed by atoms with Gasteiger partial charge in [-0.25, -0.2) is 4.98 Å². The van der Waals surface area contributed by atoms with Crippen LogP contribution in [0.3, 0.4) is 0 Å². The monoisotopic (exact) mass is 419 g/mol. The Kier molecular flexibility index (Phi) is 4.68. The van der Waals surface area contributed by atoms with E-state index in [9.17, 15) is 4.79 Å². The molecule has 0 radical (unpaired) electrons.